The van der Waals surface area contributed by atoms with Crippen molar-refractivity contribution in [1.29, 1.82) is 0 Å². The largest absolute Gasteiger partial charge is 0.462 e. The number of hydrogen-bond donors (Lipinski definition) is 0. The van der Waals surface area contributed by atoms with Gasteiger partial charge in [0.1, 0.15) is 11.7 Å². The van der Waals surface area contributed by atoms with Gasteiger partial charge in [-0.3, -0.25) is 4.79 Å². The average molecular weight is 432 g/mol. The van der Waals surface area contributed by atoms with Gasteiger partial charge in [0.25, 0.3) is 0 Å². The highest BCUT2D eigenvalue weighted by Crippen LogP contribution is 2.31. The zero-order valence-electron chi connectivity index (χ0n) is 20.3. The Morgan fingerprint density at radius 2 is 1.68 bits per heavy atom. The van der Waals surface area contributed by atoms with Gasteiger partial charge in [0.05, 0.1) is 5.41 Å². The van der Waals surface area contributed by atoms with Crippen LogP contribution in [-0.4, -0.2) is 41.8 Å². The van der Waals surface area contributed by atoms with Gasteiger partial charge < -0.3 is 14.4 Å². The molecule has 1 amide bonds. The van der Waals surface area contributed by atoms with Crippen LogP contribution < -0.4 is 0 Å². The molecule has 1 fully saturated rings. The first kappa shape index (κ1) is 25.2. The van der Waals surface area contributed by atoms with Crippen LogP contribution in [-0.2, 0) is 14.3 Å². The van der Waals surface area contributed by atoms with E-state index in [1.54, 1.807) is 4.90 Å². The normalized spacial score (nSPS) is 16.6. The fourth-order valence-electron chi connectivity index (χ4n) is 4.02. The van der Waals surface area contributed by atoms with Crippen LogP contribution in [0.2, 0.25) is 0 Å². The molecule has 31 heavy (non-hydrogen) atoms. The summed E-state index contributed by atoms with van der Waals surface area (Å²) in [6.45, 7) is 12.9. The second-order valence-corrected chi connectivity index (χ2v) is 10.4. The highest BCUT2D eigenvalue weighted by molar-refractivity contribution is 5.76. The number of carbonyl (C=O) groups excluding carboxylic acids is 2. The van der Waals surface area contributed by atoms with Crippen molar-refractivity contribution < 1.29 is 19.1 Å². The smallest absolute Gasteiger partial charge is 0.410 e. The maximum absolute atomic E-state index is 12.8. The van der Waals surface area contributed by atoms with E-state index in [9.17, 15) is 9.59 Å². The zero-order chi connectivity index (χ0) is 23.1. The molecule has 1 aromatic carbocycles. The third kappa shape index (κ3) is 8.19. The Morgan fingerprint density at radius 3 is 2.23 bits per heavy atom. The van der Waals surface area contributed by atoms with E-state index in [0.29, 0.717) is 31.8 Å². The monoisotopic (exact) mass is 431 g/mol. The Labute approximate surface area is 188 Å². The summed E-state index contributed by atoms with van der Waals surface area (Å²) in [6, 6.07) is 10.6. The van der Waals surface area contributed by atoms with Crippen LogP contribution in [0.5, 0.6) is 0 Å². The van der Waals surface area contributed by atoms with Crippen LogP contribution in [0.1, 0.15) is 91.5 Å². The topological polar surface area (TPSA) is 55.8 Å². The molecule has 0 bridgehead atoms. The first-order valence-corrected chi connectivity index (χ1v) is 11.8. The van der Waals surface area contributed by atoms with E-state index in [2.05, 4.69) is 31.2 Å². The Hall–Kier alpha value is -2.04. The SMILES string of the molecule is CCC(CCCC(C)(C)C(=O)OC1CCN(C(=O)OC(C)(C)C)CC1)c1ccccc1. The summed E-state index contributed by atoms with van der Waals surface area (Å²) in [6.07, 6.45) is 4.88. The number of benzene rings is 1. The van der Waals surface area contributed by atoms with E-state index in [0.717, 1.165) is 25.7 Å². The molecule has 5 heteroatoms. The van der Waals surface area contributed by atoms with Gasteiger partial charge in [-0.25, -0.2) is 4.79 Å². The Bertz CT molecular complexity index is 700. The maximum atomic E-state index is 12.8. The molecule has 0 spiro atoms. The predicted octanol–water partition coefficient (Wildman–Crippen LogP) is 6.32. The zero-order valence-corrected chi connectivity index (χ0v) is 20.3. The van der Waals surface area contributed by atoms with Crippen molar-refractivity contribution in [1.82, 2.24) is 4.90 Å². The number of rotatable bonds is 8. The minimum Gasteiger partial charge on any atom is -0.462 e. The lowest BCUT2D eigenvalue weighted by atomic mass is 9.83. The molecule has 1 aliphatic rings. The van der Waals surface area contributed by atoms with E-state index in [1.807, 2.05) is 40.7 Å². The van der Waals surface area contributed by atoms with Crippen LogP contribution in [0.25, 0.3) is 0 Å². The first-order valence-electron chi connectivity index (χ1n) is 11.8. The molecule has 1 unspecified atom stereocenters. The summed E-state index contributed by atoms with van der Waals surface area (Å²) in [5.41, 5.74) is 0.376. The lowest BCUT2D eigenvalue weighted by Gasteiger charge is -2.34. The average Bonchev–Trinajstić information content (AvgIpc) is 2.71. The molecule has 174 valence electrons. The van der Waals surface area contributed by atoms with Gasteiger partial charge in [-0.1, -0.05) is 43.7 Å². The van der Waals surface area contributed by atoms with Crippen LogP contribution in [0, 0.1) is 5.41 Å². The molecule has 0 aliphatic carbocycles. The minimum absolute atomic E-state index is 0.127. The summed E-state index contributed by atoms with van der Waals surface area (Å²) in [4.78, 5) is 26.7. The van der Waals surface area contributed by atoms with E-state index in [-0.39, 0.29) is 18.2 Å². The summed E-state index contributed by atoms with van der Waals surface area (Å²) in [5, 5.41) is 0. The fourth-order valence-corrected chi connectivity index (χ4v) is 4.02. The number of piperidine rings is 1. The lowest BCUT2D eigenvalue weighted by molar-refractivity contribution is -0.162. The summed E-state index contributed by atoms with van der Waals surface area (Å²) in [7, 11) is 0. The van der Waals surface area contributed by atoms with Crippen molar-refractivity contribution in [3.8, 4) is 0 Å². The second-order valence-electron chi connectivity index (χ2n) is 10.4. The quantitative estimate of drug-likeness (QED) is 0.452. The molecule has 1 saturated heterocycles. The Kier molecular flexibility index (Phi) is 8.96. The number of nitrogens with zero attached hydrogens (tertiary/aromatic N) is 1. The first-order chi connectivity index (χ1) is 14.5. The summed E-state index contributed by atoms with van der Waals surface area (Å²) >= 11 is 0. The van der Waals surface area contributed by atoms with E-state index >= 15 is 0 Å². The van der Waals surface area contributed by atoms with E-state index in [4.69, 9.17) is 9.47 Å². The molecule has 2 rings (SSSR count). The highest BCUT2D eigenvalue weighted by Gasteiger charge is 2.34. The highest BCUT2D eigenvalue weighted by atomic mass is 16.6. The fraction of sp³-hybridized carbons (Fsp3) is 0.692. The molecular weight excluding hydrogens is 390 g/mol. The summed E-state index contributed by atoms with van der Waals surface area (Å²) in [5.74, 6) is 0.404. The number of ether oxygens (including phenoxy) is 2. The van der Waals surface area contributed by atoms with Crippen molar-refractivity contribution in [3.63, 3.8) is 0 Å². The van der Waals surface area contributed by atoms with Gasteiger partial charge in [0.15, 0.2) is 0 Å². The van der Waals surface area contributed by atoms with Crippen molar-refractivity contribution >= 4 is 12.1 Å². The third-order valence-electron chi connectivity index (χ3n) is 6.04. The third-order valence-corrected chi connectivity index (χ3v) is 6.04. The predicted molar refractivity (Wildman–Crippen MR) is 124 cm³/mol. The standard InChI is InChI=1S/C26H41NO4/c1-7-20(21-12-9-8-10-13-21)14-11-17-26(5,6)23(28)30-22-15-18-27(19-16-22)24(29)31-25(2,3)4/h8-10,12-13,20,22H,7,11,14-19H2,1-6H3. The van der Waals surface area contributed by atoms with Gasteiger partial charge in [-0.2, -0.15) is 0 Å². The molecule has 1 aromatic rings. The Balaban J connectivity index is 1.76. The molecule has 1 aliphatic heterocycles. The van der Waals surface area contributed by atoms with Gasteiger partial charge in [0.2, 0.25) is 0 Å². The number of likely N-dealkylation sites (tertiary alicyclic amines) is 1. The minimum atomic E-state index is -0.503. The van der Waals surface area contributed by atoms with Gasteiger partial charge in [0, 0.05) is 25.9 Å². The van der Waals surface area contributed by atoms with Crippen LogP contribution >= 0.6 is 0 Å². The van der Waals surface area contributed by atoms with Crippen molar-refractivity contribution in [2.24, 2.45) is 5.41 Å². The lowest BCUT2D eigenvalue weighted by Crippen LogP contribution is -2.44. The van der Waals surface area contributed by atoms with Gasteiger partial charge in [-0.05, 0) is 65.4 Å². The van der Waals surface area contributed by atoms with Crippen molar-refractivity contribution in [2.75, 3.05) is 13.1 Å². The molecular formula is C26H41NO4. The Morgan fingerprint density at radius 1 is 1.06 bits per heavy atom. The maximum Gasteiger partial charge on any atom is 0.410 e. The van der Waals surface area contributed by atoms with Gasteiger partial charge in [-0.15, -0.1) is 0 Å². The van der Waals surface area contributed by atoms with Crippen LogP contribution in [0.4, 0.5) is 4.79 Å². The number of esters is 1. The number of amides is 1. The van der Waals surface area contributed by atoms with E-state index in [1.165, 1.54) is 5.56 Å². The van der Waals surface area contributed by atoms with Gasteiger partial charge >= 0.3 is 12.1 Å². The van der Waals surface area contributed by atoms with Crippen molar-refractivity contribution in [2.45, 2.75) is 97.7 Å². The van der Waals surface area contributed by atoms with Crippen LogP contribution in [0.15, 0.2) is 30.3 Å². The van der Waals surface area contributed by atoms with E-state index < -0.39 is 11.0 Å². The van der Waals surface area contributed by atoms with Crippen molar-refractivity contribution in [3.05, 3.63) is 35.9 Å². The molecule has 0 N–H and O–H groups in total. The molecule has 0 saturated carbocycles. The summed E-state index contributed by atoms with van der Waals surface area (Å²) < 4.78 is 11.3. The molecule has 0 aromatic heterocycles. The molecule has 5 nitrogen and oxygen atoms in total. The second kappa shape index (κ2) is 11.0. The number of carbonyl (C=O) groups is 2. The molecule has 0 radical (unpaired) electrons. The van der Waals surface area contributed by atoms with Crippen LogP contribution in [0.3, 0.4) is 0 Å². The molecule has 1 heterocycles. The number of hydrogen-bond acceptors (Lipinski definition) is 4. The molecule has 1 atom stereocenters.